The van der Waals surface area contributed by atoms with Crippen molar-refractivity contribution in [2.45, 2.75) is 25.8 Å². The summed E-state index contributed by atoms with van der Waals surface area (Å²) in [6, 6.07) is 7.87. The third kappa shape index (κ3) is 6.16. The number of nitrogens with one attached hydrogen (secondary N) is 2. The van der Waals surface area contributed by atoms with E-state index >= 15 is 0 Å². The summed E-state index contributed by atoms with van der Waals surface area (Å²) in [4.78, 5) is 12.1. The van der Waals surface area contributed by atoms with Crippen LogP contribution in [-0.4, -0.2) is 36.6 Å². The zero-order chi connectivity index (χ0) is 14.2. The molecule has 2 rings (SSSR count). The van der Waals surface area contributed by atoms with E-state index in [2.05, 4.69) is 17.6 Å². The van der Waals surface area contributed by atoms with E-state index in [1.807, 2.05) is 36.0 Å². The molecule has 0 saturated carbocycles. The van der Waals surface area contributed by atoms with Crippen molar-refractivity contribution in [1.29, 1.82) is 0 Å². The van der Waals surface area contributed by atoms with E-state index in [4.69, 9.17) is 4.74 Å². The van der Waals surface area contributed by atoms with Gasteiger partial charge in [-0.15, -0.1) is 12.4 Å². The van der Waals surface area contributed by atoms with Crippen molar-refractivity contribution in [3.05, 3.63) is 24.3 Å². The van der Waals surface area contributed by atoms with Gasteiger partial charge in [-0.25, -0.2) is 0 Å². The predicted molar refractivity (Wildman–Crippen MR) is 91.8 cm³/mol. The minimum absolute atomic E-state index is 0. The van der Waals surface area contributed by atoms with Crippen LogP contribution in [0, 0.1) is 0 Å². The zero-order valence-electron chi connectivity index (χ0n) is 12.3. The maximum absolute atomic E-state index is 12.1. The van der Waals surface area contributed by atoms with Gasteiger partial charge in [-0.05, 0) is 18.6 Å². The number of amides is 1. The van der Waals surface area contributed by atoms with E-state index in [1.165, 1.54) is 0 Å². The molecule has 0 radical (unpaired) electrons. The minimum Gasteiger partial charge on any atom is -0.491 e. The van der Waals surface area contributed by atoms with Gasteiger partial charge in [0.25, 0.3) is 0 Å². The Morgan fingerprint density at radius 2 is 2.29 bits per heavy atom. The normalized spacial score (nSPS) is 17.7. The highest BCUT2D eigenvalue weighted by atomic mass is 35.5. The lowest BCUT2D eigenvalue weighted by molar-refractivity contribution is -0.116. The maximum Gasteiger partial charge on any atom is 0.226 e. The Balaban J connectivity index is 0.00000220. The minimum atomic E-state index is 0. The molecule has 6 heteroatoms. The maximum atomic E-state index is 12.1. The van der Waals surface area contributed by atoms with Gasteiger partial charge in [0.2, 0.25) is 5.91 Å². The Labute approximate surface area is 136 Å². The molecule has 0 aromatic heterocycles. The van der Waals surface area contributed by atoms with Gasteiger partial charge in [0, 0.05) is 30.5 Å². The molecule has 0 bridgehead atoms. The number of halogens is 1. The number of para-hydroxylation sites is 2. The second kappa shape index (κ2) is 9.92. The van der Waals surface area contributed by atoms with Crippen molar-refractivity contribution in [1.82, 2.24) is 5.32 Å². The number of anilines is 1. The molecule has 2 N–H and O–H groups in total. The van der Waals surface area contributed by atoms with Gasteiger partial charge >= 0.3 is 0 Å². The first-order valence-corrected chi connectivity index (χ1v) is 8.28. The summed E-state index contributed by atoms with van der Waals surface area (Å²) < 4.78 is 5.64. The highest BCUT2D eigenvalue weighted by molar-refractivity contribution is 7.99. The third-order valence-corrected chi connectivity index (χ3v) is 4.18. The summed E-state index contributed by atoms with van der Waals surface area (Å²) in [5.74, 6) is 2.92. The lowest BCUT2D eigenvalue weighted by Gasteiger charge is -2.22. The Morgan fingerprint density at radius 3 is 3.00 bits per heavy atom. The molecule has 1 aromatic rings. The molecule has 1 amide bonds. The average molecular weight is 331 g/mol. The first-order chi connectivity index (χ1) is 9.79. The van der Waals surface area contributed by atoms with Gasteiger partial charge in [0.15, 0.2) is 0 Å². The quantitative estimate of drug-likeness (QED) is 0.842. The summed E-state index contributed by atoms with van der Waals surface area (Å²) in [5.41, 5.74) is 0.759. The van der Waals surface area contributed by atoms with Gasteiger partial charge in [0.05, 0.1) is 12.3 Å². The van der Waals surface area contributed by atoms with Crippen LogP contribution in [-0.2, 0) is 4.79 Å². The number of hydrogen-bond donors (Lipinski definition) is 2. The van der Waals surface area contributed by atoms with Crippen LogP contribution in [0.25, 0.3) is 0 Å². The van der Waals surface area contributed by atoms with Gasteiger partial charge in [-0.2, -0.15) is 11.8 Å². The first kappa shape index (κ1) is 18.1. The van der Waals surface area contributed by atoms with E-state index in [9.17, 15) is 4.79 Å². The number of carbonyl (C=O) groups excluding carboxylic acids is 1. The van der Waals surface area contributed by atoms with Crippen molar-refractivity contribution in [2.75, 3.05) is 30.0 Å². The molecule has 4 nitrogen and oxygen atoms in total. The Bertz CT molecular complexity index is 439. The number of rotatable bonds is 6. The van der Waals surface area contributed by atoms with Gasteiger partial charge in [0.1, 0.15) is 5.75 Å². The summed E-state index contributed by atoms with van der Waals surface area (Å²) in [6.07, 6.45) is 1.46. The second-order valence-corrected chi connectivity index (χ2v) is 5.97. The average Bonchev–Trinajstić information content (AvgIpc) is 2.47. The van der Waals surface area contributed by atoms with Crippen LogP contribution in [0.4, 0.5) is 5.69 Å². The van der Waals surface area contributed by atoms with Crippen molar-refractivity contribution in [2.24, 2.45) is 0 Å². The topological polar surface area (TPSA) is 50.4 Å². The van der Waals surface area contributed by atoms with E-state index in [1.54, 1.807) is 0 Å². The van der Waals surface area contributed by atoms with Crippen LogP contribution in [0.5, 0.6) is 5.75 Å². The van der Waals surface area contributed by atoms with Gasteiger partial charge in [-0.1, -0.05) is 19.1 Å². The van der Waals surface area contributed by atoms with Crippen molar-refractivity contribution in [3.8, 4) is 5.75 Å². The third-order valence-electron chi connectivity index (χ3n) is 3.05. The Kier molecular flexibility index (Phi) is 8.57. The smallest absolute Gasteiger partial charge is 0.226 e. The second-order valence-electron chi connectivity index (χ2n) is 4.82. The number of hydrogen-bond acceptors (Lipinski definition) is 4. The van der Waals surface area contributed by atoms with Crippen LogP contribution in [0.2, 0.25) is 0 Å². The molecule has 1 unspecified atom stereocenters. The van der Waals surface area contributed by atoms with Crippen LogP contribution in [0.15, 0.2) is 24.3 Å². The zero-order valence-corrected chi connectivity index (χ0v) is 13.9. The van der Waals surface area contributed by atoms with E-state index in [0.717, 1.165) is 35.9 Å². The molecule has 1 heterocycles. The molecule has 1 aromatic carbocycles. The number of carbonyl (C=O) groups is 1. The molecule has 21 heavy (non-hydrogen) atoms. The van der Waals surface area contributed by atoms with Crippen LogP contribution >= 0.6 is 24.2 Å². The standard InChI is InChI=1S/C15H22N2O2S.ClH/c1-2-8-19-14-6-4-3-5-13(14)17-15(18)10-12-11-20-9-7-16-12;/h3-6,12,16H,2,7-11H2,1H3,(H,17,18);1H. The van der Waals surface area contributed by atoms with E-state index in [-0.39, 0.29) is 24.4 Å². The van der Waals surface area contributed by atoms with Gasteiger partial charge < -0.3 is 15.4 Å². The van der Waals surface area contributed by atoms with Crippen LogP contribution < -0.4 is 15.4 Å². The molecule has 1 fully saturated rings. The highest BCUT2D eigenvalue weighted by Crippen LogP contribution is 2.24. The predicted octanol–water partition coefficient (Wildman–Crippen LogP) is 2.93. The number of ether oxygens (including phenoxy) is 1. The number of thioether (sulfide) groups is 1. The largest absolute Gasteiger partial charge is 0.491 e. The first-order valence-electron chi connectivity index (χ1n) is 7.12. The fourth-order valence-corrected chi connectivity index (χ4v) is 3.03. The lowest BCUT2D eigenvalue weighted by Crippen LogP contribution is -2.39. The fourth-order valence-electron chi connectivity index (χ4n) is 2.08. The summed E-state index contributed by atoms with van der Waals surface area (Å²) in [7, 11) is 0. The molecule has 1 atom stereocenters. The van der Waals surface area contributed by atoms with E-state index < -0.39 is 0 Å². The summed E-state index contributed by atoms with van der Waals surface area (Å²) in [5, 5.41) is 6.33. The Hall–Kier alpha value is -0.910. The van der Waals surface area contributed by atoms with Crippen molar-refractivity contribution >= 4 is 35.8 Å². The SMILES string of the molecule is CCCOc1ccccc1NC(=O)CC1CSCCN1.Cl. The summed E-state index contributed by atoms with van der Waals surface area (Å²) in [6.45, 7) is 3.71. The molecule has 0 aliphatic carbocycles. The highest BCUT2D eigenvalue weighted by Gasteiger charge is 2.17. The Morgan fingerprint density at radius 1 is 1.48 bits per heavy atom. The molecule has 1 aliphatic heterocycles. The summed E-state index contributed by atoms with van der Waals surface area (Å²) >= 11 is 1.90. The molecule has 1 saturated heterocycles. The molecule has 0 spiro atoms. The van der Waals surface area contributed by atoms with E-state index in [0.29, 0.717) is 13.0 Å². The molecule has 1 aliphatic rings. The fraction of sp³-hybridized carbons (Fsp3) is 0.533. The monoisotopic (exact) mass is 330 g/mol. The molecular weight excluding hydrogens is 308 g/mol. The van der Waals surface area contributed by atoms with Crippen LogP contribution in [0.3, 0.4) is 0 Å². The van der Waals surface area contributed by atoms with Crippen molar-refractivity contribution in [3.63, 3.8) is 0 Å². The van der Waals surface area contributed by atoms with Crippen LogP contribution in [0.1, 0.15) is 19.8 Å². The number of benzene rings is 1. The van der Waals surface area contributed by atoms with Gasteiger partial charge in [-0.3, -0.25) is 4.79 Å². The molecule has 118 valence electrons. The van der Waals surface area contributed by atoms with Crippen molar-refractivity contribution < 1.29 is 9.53 Å². The lowest BCUT2D eigenvalue weighted by atomic mass is 10.2. The molecular formula is C15H23ClN2O2S.